The Hall–Kier alpha value is -2.65. The third-order valence-electron chi connectivity index (χ3n) is 5.36. The SMILES string of the molecule is Cc1cccnc1OCC1CCN(c2nc3c(cc2C#N)COCC3)CC1. The molecule has 0 N–H and O–H groups in total. The highest BCUT2D eigenvalue weighted by molar-refractivity contribution is 5.56. The summed E-state index contributed by atoms with van der Waals surface area (Å²) in [5.74, 6) is 2.06. The van der Waals surface area contributed by atoms with Crippen LogP contribution in [0, 0.1) is 24.2 Å². The lowest BCUT2D eigenvalue weighted by Gasteiger charge is -2.33. The fraction of sp³-hybridized carbons (Fsp3) is 0.476. The van der Waals surface area contributed by atoms with E-state index >= 15 is 0 Å². The Balaban J connectivity index is 1.39. The van der Waals surface area contributed by atoms with E-state index in [0.717, 1.165) is 60.9 Å². The fourth-order valence-electron chi connectivity index (χ4n) is 3.73. The minimum absolute atomic E-state index is 0.499. The Morgan fingerprint density at radius 3 is 3.00 bits per heavy atom. The van der Waals surface area contributed by atoms with E-state index in [9.17, 15) is 5.26 Å². The van der Waals surface area contributed by atoms with Crippen LogP contribution in [0.1, 0.15) is 35.2 Å². The van der Waals surface area contributed by atoms with Crippen LogP contribution >= 0.6 is 0 Å². The second-order valence-corrected chi connectivity index (χ2v) is 7.25. The number of nitrogens with zero attached hydrogens (tertiary/aromatic N) is 4. The first-order valence-corrected chi connectivity index (χ1v) is 9.54. The van der Waals surface area contributed by atoms with Crippen LogP contribution in [0.25, 0.3) is 0 Å². The molecule has 140 valence electrons. The summed E-state index contributed by atoms with van der Waals surface area (Å²) in [5, 5.41) is 9.55. The number of nitriles is 1. The van der Waals surface area contributed by atoms with Crippen molar-refractivity contribution in [1.29, 1.82) is 5.26 Å². The third-order valence-corrected chi connectivity index (χ3v) is 5.36. The number of hydrogen-bond donors (Lipinski definition) is 0. The number of rotatable bonds is 4. The van der Waals surface area contributed by atoms with Crippen molar-refractivity contribution >= 4 is 5.82 Å². The smallest absolute Gasteiger partial charge is 0.216 e. The van der Waals surface area contributed by atoms with Gasteiger partial charge in [0.1, 0.15) is 11.9 Å². The van der Waals surface area contributed by atoms with Crippen LogP contribution in [0.2, 0.25) is 0 Å². The van der Waals surface area contributed by atoms with E-state index < -0.39 is 0 Å². The molecule has 0 aromatic carbocycles. The molecule has 0 radical (unpaired) electrons. The van der Waals surface area contributed by atoms with Gasteiger partial charge in [-0.15, -0.1) is 0 Å². The van der Waals surface area contributed by atoms with Gasteiger partial charge in [-0.1, -0.05) is 6.07 Å². The molecule has 6 heteroatoms. The quantitative estimate of drug-likeness (QED) is 0.830. The Morgan fingerprint density at radius 1 is 1.37 bits per heavy atom. The maximum absolute atomic E-state index is 9.55. The normalized spacial score (nSPS) is 17.3. The highest BCUT2D eigenvalue weighted by atomic mass is 16.5. The van der Waals surface area contributed by atoms with Gasteiger partial charge < -0.3 is 14.4 Å². The summed E-state index contributed by atoms with van der Waals surface area (Å²) in [6, 6.07) is 8.21. The monoisotopic (exact) mass is 364 g/mol. The first kappa shape index (κ1) is 17.7. The largest absolute Gasteiger partial charge is 0.477 e. The Bertz CT molecular complexity index is 854. The van der Waals surface area contributed by atoms with Crippen LogP contribution in [0.5, 0.6) is 5.88 Å². The van der Waals surface area contributed by atoms with E-state index in [0.29, 0.717) is 31.3 Å². The number of aromatic nitrogens is 2. The molecule has 0 unspecified atom stereocenters. The van der Waals surface area contributed by atoms with Crippen molar-refractivity contribution in [2.45, 2.75) is 32.8 Å². The zero-order valence-electron chi connectivity index (χ0n) is 15.6. The van der Waals surface area contributed by atoms with Crippen LogP contribution in [-0.2, 0) is 17.8 Å². The molecule has 0 saturated carbocycles. The summed E-state index contributed by atoms with van der Waals surface area (Å²) in [7, 11) is 0. The molecule has 0 bridgehead atoms. The zero-order valence-corrected chi connectivity index (χ0v) is 15.6. The van der Waals surface area contributed by atoms with E-state index in [-0.39, 0.29) is 0 Å². The van der Waals surface area contributed by atoms with E-state index in [2.05, 4.69) is 16.0 Å². The molecular formula is C21H24N4O2. The molecule has 0 amide bonds. The summed E-state index contributed by atoms with van der Waals surface area (Å²) in [6.07, 6.45) is 4.64. The number of anilines is 1. The summed E-state index contributed by atoms with van der Waals surface area (Å²) in [4.78, 5) is 11.4. The molecule has 2 aliphatic heterocycles. The maximum atomic E-state index is 9.55. The molecule has 6 nitrogen and oxygen atoms in total. The maximum Gasteiger partial charge on any atom is 0.216 e. The lowest BCUT2D eigenvalue weighted by Crippen LogP contribution is -2.37. The first-order chi connectivity index (χ1) is 13.2. The summed E-state index contributed by atoms with van der Waals surface area (Å²) in [6.45, 7) is 5.76. The van der Waals surface area contributed by atoms with Gasteiger partial charge >= 0.3 is 0 Å². The van der Waals surface area contributed by atoms with Gasteiger partial charge in [-0.3, -0.25) is 0 Å². The van der Waals surface area contributed by atoms with Crippen molar-refractivity contribution in [2.24, 2.45) is 5.92 Å². The number of pyridine rings is 2. The summed E-state index contributed by atoms with van der Waals surface area (Å²) < 4.78 is 11.4. The van der Waals surface area contributed by atoms with Crippen LogP contribution in [0.4, 0.5) is 5.82 Å². The van der Waals surface area contributed by atoms with E-state index in [1.807, 2.05) is 25.1 Å². The van der Waals surface area contributed by atoms with Gasteiger partial charge in [0.15, 0.2) is 0 Å². The highest BCUT2D eigenvalue weighted by Gasteiger charge is 2.25. The zero-order chi connectivity index (χ0) is 18.6. The molecule has 2 aromatic heterocycles. The molecule has 0 atom stereocenters. The Kier molecular flexibility index (Phi) is 5.21. The molecule has 0 aliphatic carbocycles. The number of fused-ring (bicyclic) bond motifs is 1. The van der Waals surface area contributed by atoms with Gasteiger partial charge in [-0.05, 0) is 37.8 Å². The Morgan fingerprint density at radius 2 is 2.22 bits per heavy atom. The van der Waals surface area contributed by atoms with E-state index in [1.54, 1.807) is 6.20 Å². The van der Waals surface area contributed by atoms with Gasteiger partial charge in [0.2, 0.25) is 5.88 Å². The molecule has 4 rings (SSSR count). The topological polar surface area (TPSA) is 71.3 Å². The fourth-order valence-corrected chi connectivity index (χ4v) is 3.73. The number of hydrogen-bond acceptors (Lipinski definition) is 6. The lowest BCUT2D eigenvalue weighted by atomic mass is 9.97. The van der Waals surface area contributed by atoms with Gasteiger partial charge in [0.25, 0.3) is 0 Å². The molecule has 2 aliphatic rings. The predicted molar refractivity (Wildman–Crippen MR) is 102 cm³/mol. The molecule has 2 aromatic rings. The predicted octanol–water partition coefficient (Wildman–Crippen LogP) is 3.02. The van der Waals surface area contributed by atoms with Crippen molar-refractivity contribution in [1.82, 2.24) is 9.97 Å². The Labute approximate surface area is 159 Å². The molecule has 0 spiro atoms. The number of aryl methyl sites for hydroxylation is 1. The summed E-state index contributed by atoms with van der Waals surface area (Å²) >= 11 is 0. The molecular weight excluding hydrogens is 340 g/mol. The average molecular weight is 364 g/mol. The average Bonchev–Trinajstić information content (AvgIpc) is 2.72. The van der Waals surface area contributed by atoms with Crippen molar-refractivity contribution in [3.8, 4) is 11.9 Å². The van der Waals surface area contributed by atoms with E-state index in [4.69, 9.17) is 14.5 Å². The van der Waals surface area contributed by atoms with Gasteiger partial charge in [-0.25, -0.2) is 9.97 Å². The van der Waals surface area contributed by atoms with Gasteiger partial charge in [0, 0.05) is 36.8 Å². The second kappa shape index (κ2) is 7.93. The van der Waals surface area contributed by atoms with Crippen molar-refractivity contribution < 1.29 is 9.47 Å². The molecule has 27 heavy (non-hydrogen) atoms. The van der Waals surface area contributed by atoms with E-state index in [1.165, 1.54) is 0 Å². The molecule has 1 fully saturated rings. The second-order valence-electron chi connectivity index (χ2n) is 7.25. The molecule has 4 heterocycles. The van der Waals surface area contributed by atoms with Crippen LogP contribution < -0.4 is 9.64 Å². The first-order valence-electron chi connectivity index (χ1n) is 9.54. The van der Waals surface area contributed by atoms with Crippen molar-refractivity contribution in [2.75, 3.05) is 31.2 Å². The lowest BCUT2D eigenvalue weighted by molar-refractivity contribution is 0.109. The summed E-state index contributed by atoms with van der Waals surface area (Å²) in [5.41, 5.74) is 3.84. The van der Waals surface area contributed by atoms with Crippen LogP contribution in [0.15, 0.2) is 24.4 Å². The molecule has 1 saturated heterocycles. The minimum Gasteiger partial charge on any atom is -0.477 e. The van der Waals surface area contributed by atoms with Gasteiger partial charge in [-0.2, -0.15) is 5.26 Å². The number of ether oxygens (including phenoxy) is 2. The van der Waals surface area contributed by atoms with Crippen molar-refractivity contribution in [3.05, 3.63) is 46.8 Å². The van der Waals surface area contributed by atoms with Crippen LogP contribution in [0.3, 0.4) is 0 Å². The van der Waals surface area contributed by atoms with Crippen LogP contribution in [-0.4, -0.2) is 36.3 Å². The third kappa shape index (κ3) is 3.88. The highest BCUT2D eigenvalue weighted by Crippen LogP contribution is 2.28. The number of piperidine rings is 1. The standard InChI is InChI=1S/C21H24N4O2/c1-15-3-2-7-23-21(15)27-13-16-4-8-25(9-5-16)20-17(12-22)11-18-14-26-10-6-19(18)24-20/h2-3,7,11,16H,4-6,8-10,13-14H2,1H3. The minimum atomic E-state index is 0.499. The van der Waals surface area contributed by atoms with Crippen molar-refractivity contribution in [3.63, 3.8) is 0 Å². The van der Waals surface area contributed by atoms with Gasteiger partial charge in [0.05, 0.1) is 31.1 Å².